The maximum absolute atomic E-state index is 13.1. The molecule has 0 aliphatic carbocycles. The van der Waals surface area contributed by atoms with Crippen molar-refractivity contribution in [2.75, 3.05) is 18.4 Å². The van der Waals surface area contributed by atoms with E-state index < -0.39 is 0 Å². The molecule has 4 rings (SSSR count). The number of amides is 1. The van der Waals surface area contributed by atoms with Gasteiger partial charge in [-0.25, -0.2) is 0 Å². The van der Waals surface area contributed by atoms with E-state index in [2.05, 4.69) is 52.4 Å². The number of likely N-dealkylation sites (tertiary alicyclic amines) is 1. The normalized spacial score (nSPS) is 16.8. The highest BCUT2D eigenvalue weighted by molar-refractivity contribution is 5.94. The number of hydrogen-bond donors (Lipinski definition) is 1. The van der Waals surface area contributed by atoms with E-state index in [0.717, 1.165) is 49.0 Å². The van der Waals surface area contributed by atoms with Crippen LogP contribution in [0, 0.1) is 12.8 Å². The van der Waals surface area contributed by atoms with E-state index in [1.165, 1.54) is 11.1 Å². The topological polar surface area (TPSA) is 71.3 Å². The molecule has 1 unspecified atom stereocenters. The van der Waals surface area contributed by atoms with Crippen molar-refractivity contribution in [3.05, 3.63) is 65.0 Å². The number of hydrogen-bond acceptors (Lipinski definition) is 5. The average Bonchev–Trinajstić information content (AvgIpc) is 3.27. The molecule has 1 aromatic heterocycles. The van der Waals surface area contributed by atoms with E-state index in [4.69, 9.17) is 4.52 Å². The fourth-order valence-corrected chi connectivity index (χ4v) is 4.49. The second-order valence-electron chi connectivity index (χ2n) is 8.55. The number of rotatable bonds is 7. The van der Waals surface area contributed by atoms with Gasteiger partial charge in [0.15, 0.2) is 0 Å². The Balaban J connectivity index is 1.41. The van der Waals surface area contributed by atoms with Crippen LogP contribution in [0.5, 0.6) is 0 Å². The van der Waals surface area contributed by atoms with Crippen molar-refractivity contribution in [2.24, 2.45) is 5.92 Å². The second kappa shape index (κ2) is 10.1. The zero-order chi connectivity index (χ0) is 22.5. The first-order valence-electron chi connectivity index (χ1n) is 11.6. The molecule has 6 heteroatoms. The molecule has 168 valence electrons. The molecule has 0 spiro atoms. The number of carbonyl (C=O) groups excluding carboxylic acids is 1. The lowest BCUT2D eigenvalue weighted by Crippen LogP contribution is -2.40. The molecule has 1 saturated heterocycles. The van der Waals surface area contributed by atoms with E-state index in [1.807, 2.05) is 31.2 Å². The quantitative estimate of drug-likeness (QED) is 0.568. The van der Waals surface area contributed by atoms with Gasteiger partial charge in [0.05, 0.1) is 12.5 Å². The van der Waals surface area contributed by atoms with Gasteiger partial charge in [-0.3, -0.25) is 9.69 Å². The maximum atomic E-state index is 13.1. The molecule has 32 heavy (non-hydrogen) atoms. The fourth-order valence-electron chi connectivity index (χ4n) is 4.49. The molecule has 6 nitrogen and oxygen atoms in total. The Bertz CT molecular complexity index is 1050. The zero-order valence-electron chi connectivity index (χ0n) is 19.2. The Kier molecular flexibility index (Phi) is 7.00. The maximum Gasteiger partial charge on any atom is 0.241 e. The van der Waals surface area contributed by atoms with Crippen LogP contribution in [0.2, 0.25) is 0 Å². The van der Waals surface area contributed by atoms with E-state index in [9.17, 15) is 4.79 Å². The van der Waals surface area contributed by atoms with Gasteiger partial charge in [0.2, 0.25) is 17.6 Å². The number of aromatic nitrogens is 2. The van der Waals surface area contributed by atoms with Crippen molar-refractivity contribution in [3.63, 3.8) is 0 Å². The number of carbonyl (C=O) groups is 1. The van der Waals surface area contributed by atoms with Gasteiger partial charge in [0.1, 0.15) is 0 Å². The largest absolute Gasteiger partial charge is 0.338 e. The monoisotopic (exact) mass is 432 g/mol. The number of anilines is 1. The van der Waals surface area contributed by atoms with Crippen molar-refractivity contribution >= 4 is 11.6 Å². The molecule has 1 aliphatic rings. The predicted molar refractivity (Wildman–Crippen MR) is 126 cm³/mol. The van der Waals surface area contributed by atoms with Gasteiger partial charge in [-0.2, -0.15) is 4.98 Å². The summed E-state index contributed by atoms with van der Waals surface area (Å²) in [7, 11) is 0. The van der Waals surface area contributed by atoms with Gasteiger partial charge in [-0.1, -0.05) is 61.5 Å². The first-order valence-corrected chi connectivity index (χ1v) is 11.6. The summed E-state index contributed by atoms with van der Waals surface area (Å²) in [6.45, 7) is 8.49. The van der Waals surface area contributed by atoms with E-state index in [-0.39, 0.29) is 11.8 Å². The van der Waals surface area contributed by atoms with Gasteiger partial charge in [0, 0.05) is 17.8 Å². The van der Waals surface area contributed by atoms with Crippen LogP contribution in [-0.2, 0) is 24.2 Å². The standard InChI is InChI=1S/C26H32N4O2/c1-4-19-11-8-12-20(5-2)24(19)28-26(31)21-13-9-15-30(16-21)17-23-27-25(29-32-23)22-14-7-6-10-18(22)3/h6-8,10-12,14,21H,4-5,9,13,15-17H2,1-3H3,(H,28,31). The van der Waals surface area contributed by atoms with Crippen LogP contribution >= 0.6 is 0 Å². The molecule has 1 aliphatic heterocycles. The lowest BCUT2D eigenvalue weighted by Gasteiger charge is -2.31. The zero-order valence-corrected chi connectivity index (χ0v) is 19.2. The average molecular weight is 433 g/mol. The first kappa shape index (κ1) is 22.2. The van der Waals surface area contributed by atoms with Crippen LogP contribution in [0.15, 0.2) is 47.0 Å². The molecule has 0 bridgehead atoms. The number of aryl methyl sites for hydroxylation is 3. The van der Waals surface area contributed by atoms with Crippen molar-refractivity contribution in [1.29, 1.82) is 0 Å². The smallest absolute Gasteiger partial charge is 0.241 e. The van der Waals surface area contributed by atoms with Crippen LogP contribution in [0.25, 0.3) is 11.4 Å². The van der Waals surface area contributed by atoms with Gasteiger partial charge >= 0.3 is 0 Å². The Hall–Kier alpha value is -2.99. The Morgan fingerprint density at radius 2 is 1.88 bits per heavy atom. The molecule has 1 atom stereocenters. The summed E-state index contributed by atoms with van der Waals surface area (Å²) in [4.78, 5) is 20.0. The number of nitrogens with one attached hydrogen (secondary N) is 1. The third kappa shape index (κ3) is 4.91. The van der Waals surface area contributed by atoms with Gasteiger partial charge < -0.3 is 9.84 Å². The summed E-state index contributed by atoms with van der Waals surface area (Å²) in [6, 6.07) is 14.3. The number of piperidine rings is 1. The lowest BCUT2D eigenvalue weighted by molar-refractivity contribution is -0.121. The Morgan fingerprint density at radius 3 is 2.59 bits per heavy atom. The van der Waals surface area contributed by atoms with Gasteiger partial charge in [-0.15, -0.1) is 0 Å². The lowest BCUT2D eigenvalue weighted by atomic mass is 9.96. The van der Waals surface area contributed by atoms with E-state index in [0.29, 0.717) is 24.8 Å². The Labute approximate surface area is 190 Å². The molecule has 1 fully saturated rings. The summed E-state index contributed by atoms with van der Waals surface area (Å²) < 4.78 is 5.53. The fraction of sp³-hybridized carbons (Fsp3) is 0.423. The summed E-state index contributed by atoms with van der Waals surface area (Å²) in [5.74, 6) is 1.27. The van der Waals surface area contributed by atoms with Crippen molar-refractivity contribution in [2.45, 2.75) is 53.0 Å². The molecule has 1 N–H and O–H groups in total. The minimum absolute atomic E-state index is 0.0443. The molecule has 0 radical (unpaired) electrons. The minimum Gasteiger partial charge on any atom is -0.338 e. The number of benzene rings is 2. The number of nitrogens with zero attached hydrogens (tertiary/aromatic N) is 3. The summed E-state index contributed by atoms with van der Waals surface area (Å²) in [5, 5.41) is 7.42. The predicted octanol–water partition coefficient (Wildman–Crippen LogP) is 5.02. The molecule has 1 amide bonds. The highest BCUT2D eigenvalue weighted by Gasteiger charge is 2.27. The van der Waals surface area contributed by atoms with E-state index >= 15 is 0 Å². The van der Waals surface area contributed by atoms with Crippen LogP contribution in [0.3, 0.4) is 0 Å². The molecule has 0 saturated carbocycles. The molecule has 2 aromatic carbocycles. The van der Waals surface area contributed by atoms with Crippen molar-refractivity contribution < 1.29 is 9.32 Å². The molecular formula is C26H32N4O2. The van der Waals surface area contributed by atoms with Crippen LogP contribution in [0.4, 0.5) is 5.69 Å². The summed E-state index contributed by atoms with van der Waals surface area (Å²) in [6.07, 6.45) is 3.69. The highest BCUT2D eigenvalue weighted by atomic mass is 16.5. The van der Waals surface area contributed by atoms with Crippen molar-refractivity contribution in [1.82, 2.24) is 15.0 Å². The minimum atomic E-state index is -0.0443. The molecule has 3 aromatic rings. The number of para-hydroxylation sites is 1. The SMILES string of the molecule is CCc1cccc(CC)c1NC(=O)C1CCCN(Cc2nc(-c3ccccc3C)no2)C1. The highest BCUT2D eigenvalue weighted by Crippen LogP contribution is 2.26. The summed E-state index contributed by atoms with van der Waals surface area (Å²) in [5.41, 5.74) is 5.49. The third-order valence-electron chi connectivity index (χ3n) is 6.34. The molecule has 2 heterocycles. The second-order valence-corrected chi connectivity index (χ2v) is 8.55. The van der Waals surface area contributed by atoms with Gasteiger partial charge in [-0.05, 0) is 55.8 Å². The van der Waals surface area contributed by atoms with Gasteiger partial charge in [0.25, 0.3) is 0 Å². The van der Waals surface area contributed by atoms with Crippen molar-refractivity contribution in [3.8, 4) is 11.4 Å². The van der Waals surface area contributed by atoms with Crippen LogP contribution in [-0.4, -0.2) is 34.0 Å². The first-order chi connectivity index (χ1) is 15.6. The van der Waals surface area contributed by atoms with E-state index in [1.54, 1.807) is 0 Å². The molecular weight excluding hydrogens is 400 g/mol. The summed E-state index contributed by atoms with van der Waals surface area (Å²) >= 11 is 0. The Morgan fingerprint density at radius 1 is 1.12 bits per heavy atom. The van der Waals surface area contributed by atoms with Crippen LogP contribution in [0.1, 0.15) is 49.3 Å². The third-order valence-corrected chi connectivity index (χ3v) is 6.34. The van der Waals surface area contributed by atoms with Crippen LogP contribution < -0.4 is 5.32 Å².